The number of hydrogen-bond donors (Lipinski definition) is 2. The van der Waals surface area contributed by atoms with Gasteiger partial charge in [0.2, 0.25) is 5.91 Å². The smallest absolute Gasteiger partial charge is 0.332 e. The maximum atomic E-state index is 10.4. The molecule has 0 aliphatic carbocycles. The second-order valence-electron chi connectivity index (χ2n) is 2.33. The van der Waals surface area contributed by atoms with Gasteiger partial charge < -0.3 is 15.2 Å². The van der Waals surface area contributed by atoms with Crippen LogP contribution < -0.4 is 5.32 Å². The van der Waals surface area contributed by atoms with Crippen molar-refractivity contribution in [2.45, 2.75) is 19.4 Å². The summed E-state index contributed by atoms with van der Waals surface area (Å²) >= 11 is 0. The number of carbonyl (C=O) groups excluding carboxylic acids is 1. The Morgan fingerprint density at radius 3 is 2.50 bits per heavy atom. The fourth-order valence-electron chi connectivity index (χ4n) is 0.721. The Balaban J connectivity index is 3.59. The number of methoxy groups -OCH3 is 1. The summed E-state index contributed by atoms with van der Waals surface area (Å²) in [6.45, 7) is 1.70. The fourth-order valence-corrected chi connectivity index (χ4v) is 0.721. The number of nitrogens with one attached hydrogen (secondary N) is 1. The molecule has 5 heteroatoms. The molecule has 1 amide bonds. The third-order valence-electron chi connectivity index (χ3n) is 1.34. The average molecular weight is 175 g/mol. The van der Waals surface area contributed by atoms with E-state index in [4.69, 9.17) is 5.11 Å². The topological polar surface area (TPSA) is 75.6 Å². The van der Waals surface area contributed by atoms with Crippen LogP contribution in [-0.2, 0) is 14.3 Å². The molecule has 0 rings (SSSR count). The van der Waals surface area contributed by atoms with Gasteiger partial charge in [-0.05, 0) is 0 Å². The maximum absolute atomic E-state index is 10.4. The van der Waals surface area contributed by atoms with Crippen molar-refractivity contribution < 1.29 is 19.4 Å². The van der Waals surface area contributed by atoms with Gasteiger partial charge in [-0.15, -0.1) is 0 Å². The summed E-state index contributed by atoms with van der Waals surface area (Å²) < 4.78 is 4.64. The molecule has 70 valence electrons. The minimum Gasteiger partial charge on any atom is -0.479 e. The van der Waals surface area contributed by atoms with Gasteiger partial charge in [-0.1, -0.05) is 0 Å². The highest BCUT2D eigenvalue weighted by atomic mass is 16.5. The van der Waals surface area contributed by atoms with E-state index in [0.717, 1.165) is 0 Å². The summed E-state index contributed by atoms with van der Waals surface area (Å²) in [5, 5.41) is 11.0. The summed E-state index contributed by atoms with van der Waals surface area (Å²) in [7, 11) is 1.33. The lowest BCUT2D eigenvalue weighted by molar-refractivity contribution is -0.148. The molecule has 0 aliphatic rings. The third-order valence-corrected chi connectivity index (χ3v) is 1.34. The molecule has 0 fully saturated rings. The zero-order chi connectivity index (χ0) is 9.56. The van der Waals surface area contributed by atoms with Crippen molar-refractivity contribution in [2.24, 2.45) is 0 Å². The normalized spacial score (nSPS) is 12.2. The van der Waals surface area contributed by atoms with E-state index in [2.05, 4.69) is 10.1 Å². The third kappa shape index (κ3) is 4.68. The number of aliphatic carboxylic acids is 1. The molecule has 0 unspecified atom stereocenters. The molecular weight excluding hydrogens is 162 g/mol. The van der Waals surface area contributed by atoms with Crippen molar-refractivity contribution in [1.82, 2.24) is 5.32 Å². The number of rotatable bonds is 5. The van der Waals surface area contributed by atoms with Gasteiger partial charge >= 0.3 is 5.97 Å². The van der Waals surface area contributed by atoms with Crippen molar-refractivity contribution in [2.75, 3.05) is 13.7 Å². The van der Waals surface area contributed by atoms with E-state index in [-0.39, 0.29) is 12.3 Å². The second-order valence-corrected chi connectivity index (χ2v) is 2.33. The lowest BCUT2D eigenvalue weighted by Gasteiger charge is -2.09. The van der Waals surface area contributed by atoms with Crippen LogP contribution in [0.2, 0.25) is 0 Å². The van der Waals surface area contributed by atoms with Crippen LogP contribution in [0.1, 0.15) is 13.3 Å². The van der Waals surface area contributed by atoms with Crippen LogP contribution >= 0.6 is 0 Å². The van der Waals surface area contributed by atoms with Crippen LogP contribution in [0.25, 0.3) is 0 Å². The van der Waals surface area contributed by atoms with Gasteiger partial charge in [0.25, 0.3) is 0 Å². The molecule has 12 heavy (non-hydrogen) atoms. The highest BCUT2D eigenvalue weighted by molar-refractivity contribution is 5.73. The first kappa shape index (κ1) is 10.9. The zero-order valence-corrected chi connectivity index (χ0v) is 7.16. The van der Waals surface area contributed by atoms with E-state index < -0.39 is 12.1 Å². The lowest BCUT2D eigenvalue weighted by atomic mass is 10.2. The predicted octanol–water partition coefficient (Wildman–Crippen LogP) is -0.388. The van der Waals surface area contributed by atoms with Crippen molar-refractivity contribution in [1.29, 1.82) is 0 Å². The molecule has 0 aromatic carbocycles. The predicted molar refractivity (Wildman–Crippen MR) is 41.7 cm³/mol. The molecule has 0 heterocycles. The van der Waals surface area contributed by atoms with Gasteiger partial charge in [-0.25, -0.2) is 4.79 Å². The molecule has 1 atom stereocenters. The Hall–Kier alpha value is -1.10. The molecule has 0 saturated heterocycles. The fraction of sp³-hybridized carbons (Fsp3) is 0.714. The highest BCUT2D eigenvalue weighted by Gasteiger charge is 2.15. The summed E-state index contributed by atoms with van der Waals surface area (Å²) in [4.78, 5) is 20.8. The van der Waals surface area contributed by atoms with Crippen molar-refractivity contribution in [3.8, 4) is 0 Å². The minimum absolute atomic E-state index is 0.171. The molecular formula is C7H13NO4. The first-order chi connectivity index (χ1) is 5.57. The Kier molecular flexibility index (Phi) is 5.03. The Morgan fingerprint density at radius 1 is 1.58 bits per heavy atom. The summed E-state index contributed by atoms with van der Waals surface area (Å²) in [5.74, 6) is -1.18. The largest absolute Gasteiger partial charge is 0.479 e. The summed E-state index contributed by atoms with van der Waals surface area (Å²) in [6.07, 6.45) is -0.553. The highest BCUT2D eigenvalue weighted by Crippen LogP contribution is 1.95. The molecule has 0 spiro atoms. The number of amides is 1. The zero-order valence-electron chi connectivity index (χ0n) is 7.16. The van der Waals surface area contributed by atoms with Crippen molar-refractivity contribution in [3.05, 3.63) is 0 Å². The molecule has 5 nitrogen and oxygen atoms in total. The Bertz CT molecular complexity index is 169. The maximum Gasteiger partial charge on any atom is 0.332 e. The number of carbonyl (C=O) groups is 2. The van der Waals surface area contributed by atoms with E-state index >= 15 is 0 Å². The van der Waals surface area contributed by atoms with E-state index in [1.807, 2.05) is 0 Å². The van der Waals surface area contributed by atoms with Crippen LogP contribution in [0, 0.1) is 0 Å². The van der Waals surface area contributed by atoms with E-state index in [1.54, 1.807) is 0 Å². The number of carboxylic acid groups (broad SMARTS) is 1. The van der Waals surface area contributed by atoms with Crippen LogP contribution in [0.5, 0.6) is 0 Å². The number of ether oxygens (including phenoxy) is 1. The molecule has 0 aromatic rings. The minimum atomic E-state index is -1.01. The van der Waals surface area contributed by atoms with Gasteiger partial charge in [0.15, 0.2) is 6.10 Å². The SMILES string of the molecule is CO[C@@H](CCNC(C)=O)C(=O)O. The standard InChI is InChI=1S/C7H13NO4/c1-5(9)8-4-3-6(12-2)7(10)11/h6H,3-4H2,1-2H3,(H,8,9)(H,10,11)/t6-/m0/s1. The van der Waals surface area contributed by atoms with Crippen molar-refractivity contribution >= 4 is 11.9 Å². The Labute approximate surface area is 70.7 Å². The van der Waals surface area contributed by atoms with Crippen LogP contribution in [0.3, 0.4) is 0 Å². The summed E-state index contributed by atoms with van der Waals surface area (Å²) in [6, 6.07) is 0. The first-order valence-corrected chi connectivity index (χ1v) is 3.58. The molecule has 0 saturated carbocycles. The molecule has 0 radical (unpaired) electrons. The molecule has 0 bridgehead atoms. The summed E-state index contributed by atoms with van der Waals surface area (Å²) in [5.41, 5.74) is 0. The van der Waals surface area contributed by atoms with Crippen LogP contribution in [-0.4, -0.2) is 36.7 Å². The monoisotopic (exact) mass is 175 g/mol. The Morgan fingerprint density at radius 2 is 2.17 bits per heavy atom. The van der Waals surface area contributed by atoms with Crippen molar-refractivity contribution in [3.63, 3.8) is 0 Å². The van der Waals surface area contributed by atoms with Gasteiger partial charge in [0.05, 0.1) is 0 Å². The molecule has 2 N–H and O–H groups in total. The number of hydrogen-bond acceptors (Lipinski definition) is 3. The van der Waals surface area contributed by atoms with E-state index in [1.165, 1.54) is 14.0 Å². The van der Waals surface area contributed by atoms with Crippen LogP contribution in [0.4, 0.5) is 0 Å². The quantitative estimate of drug-likeness (QED) is 0.596. The number of carboxylic acids is 1. The van der Waals surface area contributed by atoms with Gasteiger partial charge in [-0.3, -0.25) is 4.79 Å². The van der Waals surface area contributed by atoms with Gasteiger partial charge in [0, 0.05) is 27.0 Å². The molecule has 0 aliphatic heterocycles. The second kappa shape index (κ2) is 5.54. The van der Waals surface area contributed by atoms with Crippen LogP contribution in [0.15, 0.2) is 0 Å². The average Bonchev–Trinajstić information content (AvgIpc) is 1.96. The first-order valence-electron chi connectivity index (χ1n) is 3.58. The lowest BCUT2D eigenvalue weighted by Crippen LogP contribution is -2.29. The van der Waals surface area contributed by atoms with Gasteiger partial charge in [-0.2, -0.15) is 0 Å². The molecule has 0 aromatic heterocycles. The van der Waals surface area contributed by atoms with Gasteiger partial charge in [0.1, 0.15) is 0 Å². The van der Waals surface area contributed by atoms with E-state index in [9.17, 15) is 9.59 Å². The van der Waals surface area contributed by atoms with E-state index in [0.29, 0.717) is 6.54 Å².